The van der Waals surface area contributed by atoms with E-state index in [0.717, 1.165) is 19.0 Å². The lowest BCUT2D eigenvalue weighted by atomic mass is 9.93. The van der Waals surface area contributed by atoms with Crippen molar-refractivity contribution in [3.05, 3.63) is 0 Å². The van der Waals surface area contributed by atoms with Crippen LogP contribution in [0.2, 0.25) is 0 Å². The Labute approximate surface area is 92.0 Å². The van der Waals surface area contributed by atoms with Crippen LogP contribution in [-0.4, -0.2) is 36.5 Å². The topological polar surface area (TPSA) is 72.3 Å². The van der Waals surface area contributed by atoms with Crippen LogP contribution in [0.15, 0.2) is 0 Å². The predicted octanol–water partition coefficient (Wildman–Crippen LogP) is 0.311. The Bertz CT molecular complexity index is 200. The maximum Gasteiger partial charge on any atom is 0.219 e. The third-order valence-corrected chi connectivity index (χ3v) is 3.45. The second-order valence-electron chi connectivity index (χ2n) is 4.45. The summed E-state index contributed by atoms with van der Waals surface area (Å²) in [4.78, 5) is 13.2. The number of hydrogen-bond acceptors (Lipinski definition) is 3. The Balaban J connectivity index is 2.39. The summed E-state index contributed by atoms with van der Waals surface area (Å²) >= 11 is 0. The van der Waals surface area contributed by atoms with E-state index in [2.05, 4.69) is 11.8 Å². The minimum atomic E-state index is -0.247. The van der Waals surface area contributed by atoms with E-state index in [4.69, 9.17) is 11.5 Å². The first-order valence-corrected chi connectivity index (χ1v) is 5.89. The Morgan fingerprint density at radius 2 is 2.07 bits per heavy atom. The van der Waals surface area contributed by atoms with Crippen molar-refractivity contribution in [2.75, 3.05) is 19.6 Å². The molecular formula is C11H23N3O. The molecule has 88 valence electrons. The minimum Gasteiger partial charge on any atom is -0.370 e. The Morgan fingerprint density at radius 3 is 2.47 bits per heavy atom. The fourth-order valence-electron chi connectivity index (χ4n) is 2.32. The number of carbonyl (C=O) groups is 1. The third kappa shape index (κ3) is 3.80. The van der Waals surface area contributed by atoms with Crippen LogP contribution in [0.4, 0.5) is 0 Å². The monoisotopic (exact) mass is 213 g/mol. The van der Waals surface area contributed by atoms with Crippen molar-refractivity contribution in [1.29, 1.82) is 0 Å². The highest BCUT2D eigenvalue weighted by molar-refractivity contribution is 5.74. The molecule has 0 aliphatic carbocycles. The molecule has 1 amide bonds. The van der Waals surface area contributed by atoms with Crippen molar-refractivity contribution in [2.24, 2.45) is 17.4 Å². The summed E-state index contributed by atoms with van der Waals surface area (Å²) in [6.07, 6.45) is 4.11. The summed E-state index contributed by atoms with van der Waals surface area (Å²) in [6.45, 7) is 4.89. The number of primary amides is 1. The van der Waals surface area contributed by atoms with E-state index in [0.29, 0.717) is 13.0 Å². The van der Waals surface area contributed by atoms with E-state index >= 15 is 0 Å². The molecule has 1 unspecified atom stereocenters. The molecule has 1 atom stereocenters. The van der Waals surface area contributed by atoms with E-state index in [1.54, 1.807) is 0 Å². The summed E-state index contributed by atoms with van der Waals surface area (Å²) in [5.41, 5.74) is 10.9. The van der Waals surface area contributed by atoms with Crippen molar-refractivity contribution in [3.63, 3.8) is 0 Å². The van der Waals surface area contributed by atoms with E-state index in [-0.39, 0.29) is 11.9 Å². The number of rotatable bonds is 5. The number of nitrogens with two attached hydrogens (primary N) is 2. The molecule has 4 heteroatoms. The second-order valence-corrected chi connectivity index (χ2v) is 4.45. The molecule has 0 radical (unpaired) electrons. The molecule has 4 N–H and O–H groups in total. The van der Waals surface area contributed by atoms with Crippen molar-refractivity contribution in [1.82, 2.24) is 4.90 Å². The fraction of sp³-hybridized carbons (Fsp3) is 0.909. The van der Waals surface area contributed by atoms with Gasteiger partial charge in [-0.25, -0.2) is 0 Å². The van der Waals surface area contributed by atoms with Gasteiger partial charge in [-0.05, 0) is 31.8 Å². The molecule has 1 heterocycles. The average molecular weight is 213 g/mol. The summed E-state index contributed by atoms with van der Waals surface area (Å²) in [5.74, 6) is 0.608. The molecule has 4 nitrogen and oxygen atoms in total. The quantitative estimate of drug-likeness (QED) is 0.690. The second kappa shape index (κ2) is 6.08. The average Bonchev–Trinajstić information content (AvgIpc) is 2.26. The molecule has 1 saturated heterocycles. The number of carbonyl (C=O) groups excluding carboxylic acids is 1. The maximum absolute atomic E-state index is 10.9. The molecular weight excluding hydrogens is 190 g/mol. The van der Waals surface area contributed by atoms with Gasteiger partial charge in [0.25, 0.3) is 0 Å². The lowest BCUT2D eigenvalue weighted by Crippen LogP contribution is -2.46. The summed E-state index contributed by atoms with van der Waals surface area (Å²) in [6, 6.07) is 0.153. The third-order valence-electron chi connectivity index (χ3n) is 3.45. The van der Waals surface area contributed by atoms with Crippen molar-refractivity contribution in [2.45, 2.75) is 38.6 Å². The molecule has 0 spiro atoms. The highest BCUT2D eigenvalue weighted by atomic mass is 16.1. The van der Waals surface area contributed by atoms with Gasteiger partial charge in [-0.1, -0.05) is 13.3 Å². The molecule has 0 aromatic rings. The Morgan fingerprint density at radius 1 is 1.47 bits per heavy atom. The van der Waals surface area contributed by atoms with Gasteiger partial charge in [0.05, 0.1) is 0 Å². The zero-order chi connectivity index (χ0) is 11.3. The van der Waals surface area contributed by atoms with Gasteiger partial charge in [0.2, 0.25) is 5.91 Å². The minimum absolute atomic E-state index is 0.153. The summed E-state index contributed by atoms with van der Waals surface area (Å²) in [7, 11) is 0. The van der Waals surface area contributed by atoms with E-state index in [1.807, 2.05) is 0 Å². The van der Waals surface area contributed by atoms with Crippen LogP contribution < -0.4 is 11.5 Å². The van der Waals surface area contributed by atoms with E-state index in [9.17, 15) is 4.79 Å². The zero-order valence-corrected chi connectivity index (χ0v) is 9.61. The van der Waals surface area contributed by atoms with Crippen LogP contribution in [0.1, 0.15) is 32.6 Å². The molecule has 1 rings (SSSR count). The molecule has 0 aromatic carbocycles. The lowest BCUT2D eigenvalue weighted by molar-refractivity contribution is -0.119. The highest BCUT2D eigenvalue weighted by Gasteiger charge is 2.24. The van der Waals surface area contributed by atoms with Gasteiger partial charge in [0.1, 0.15) is 0 Å². The van der Waals surface area contributed by atoms with Gasteiger partial charge in [-0.2, -0.15) is 0 Å². The molecule has 0 saturated carbocycles. The largest absolute Gasteiger partial charge is 0.370 e. The smallest absolute Gasteiger partial charge is 0.219 e. The molecule has 0 aromatic heterocycles. The number of hydrogen-bond donors (Lipinski definition) is 2. The standard InChI is InChI=1S/C11H23N3O/c1-2-9-3-5-14(6-4-9)10(8-12)7-11(13)15/h9-10H,2-8,12H2,1H3,(H2,13,15). The summed E-state index contributed by atoms with van der Waals surface area (Å²) < 4.78 is 0. The number of nitrogens with zero attached hydrogens (tertiary/aromatic N) is 1. The van der Waals surface area contributed by atoms with Crippen LogP contribution in [0.5, 0.6) is 0 Å². The number of amides is 1. The molecule has 1 aliphatic rings. The molecule has 1 fully saturated rings. The highest BCUT2D eigenvalue weighted by Crippen LogP contribution is 2.21. The van der Waals surface area contributed by atoms with E-state index in [1.165, 1.54) is 19.3 Å². The first-order chi connectivity index (χ1) is 7.17. The summed E-state index contributed by atoms with van der Waals surface area (Å²) in [5, 5.41) is 0. The van der Waals surface area contributed by atoms with Gasteiger partial charge < -0.3 is 11.5 Å². The van der Waals surface area contributed by atoms with Crippen LogP contribution >= 0.6 is 0 Å². The fourth-order valence-corrected chi connectivity index (χ4v) is 2.32. The van der Waals surface area contributed by atoms with Crippen molar-refractivity contribution in [3.8, 4) is 0 Å². The van der Waals surface area contributed by atoms with Gasteiger partial charge >= 0.3 is 0 Å². The van der Waals surface area contributed by atoms with Crippen LogP contribution in [0.3, 0.4) is 0 Å². The Kier molecular flexibility index (Phi) is 5.05. The predicted molar refractivity (Wildman–Crippen MR) is 61.2 cm³/mol. The van der Waals surface area contributed by atoms with Crippen LogP contribution in [-0.2, 0) is 4.79 Å². The Hall–Kier alpha value is -0.610. The van der Waals surface area contributed by atoms with Gasteiger partial charge in [0, 0.05) is 19.0 Å². The van der Waals surface area contributed by atoms with Crippen LogP contribution in [0.25, 0.3) is 0 Å². The maximum atomic E-state index is 10.9. The van der Waals surface area contributed by atoms with Crippen molar-refractivity contribution >= 4 is 5.91 Å². The zero-order valence-electron chi connectivity index (χ0n) is 9.61. The van der Waals surface area contributed by atoms with Gasteiger partial charge in [0.15, 0.2) is 0 Å². The first kappa shape index (κ1) is 12.5. The molecule has 15 heavy (non-hydrogen) atoms. The number of likely N-dealkylation sites (tertiary alicyclic amines) is 1. The van der Waals surface area contributed by atoms with Gasteiger partial charge in [-0.15, -0.1) is 0 Å². The van der Waals surface area contributed by atoms with Crippen LogP contribution in [0, 0.1) is 5.92 Å². The lowest BCUT2D eigenvalue weighted by Gasteiger charge is -2.36. The normalized spacial score (nSPS) is 21.5. The van der Waals surface area contributed by atoms with Crippen molar-refractivity contribution < 1.29 is 4.79 Å². The van der Waals surface area contributed by atoms with Gasteiger partial charge in [-0.3, -0.25) is 9.69 Å². The molecule has 0 bridgehead atoms. The first-order valence-electron chi connectivity index (χ1n) is 5.89. The molecule has 1 aliphatic heterocycles. The van der Waals surface area contributed by atoms with E-state index < -0.39 is 0 Å². The SMILES string of the molecule is CCC1CCN(C(CN)CC(N)=O)CC1. The number of piperidine rings is 1.